The molecule has 0 saturated heterocycles. The number of hydrogen-bond donors (Lipinski definition) is 3. The van der Waals surface area contributed by atoms with Crippen LogP contribution in [0.2, 0.25) is 0 Å². The molecule has 7 nitrogen and oxygen atoms in total. The molecule has 0 radical (unpaired) electrons. The van der Waals surface area contributed by atoms with Gasteiger partial charge in [-0.05, 0) is 30.2 Å². The third-order valence-corrected chi connectivity index (χ3v) is 3.14. The zero-order valence-electron chi connectivity index (χ0n) is 14.2. The topological polar surface area (TPSA) is 103 Å². The number of halogens is 1. The predicted molar refractivity (Wildman–Crippen MR) is 95.5 cm³/mol. The highest BCUT2D eigenvalue weighted by molar-refractivity contribution is 5.95. The van der Waals surface area contributed by atoms with Crippen molar-refractivity contribution in [3.63, 3.8) is 0 Å². The Kier molecular flexibility index (Phi) is 10.8. The number of carbonyl (C=O) groups is 2. The predicted octanol–water partition coefficient (Wildman–Crippen LogP) is 1.17. The Labute approximate surface area is 148 Å². The zero-order valence-corrected chi connectivity index (χ0v) is 15.0. The van der Waals surface area contributed by atoms with Crippen LogP contribution in [0, 0.1) is 5.92 Å². The summed E-state index contributed by atoms with van der Waals surface area (Å²) in [6, 6.07) is 6.33. The Hall–Kier alpha value is -1.83. The second kappa shape index (κ2) is 11.7. The summed E-state index contributed by atoms with van der Waals surface area (Å²) in [7, 11) is 1.61. The van der Waals surface area contributed by atoms with E-state index in [1.165, 1.54) is 0 Å². The van der Waals surface area contributed by atoms with Gasteiger partial charge in [0.1, 0.15) is 12.4 Å². The molecule has 1 aromatic carbocycles. The second-order valence-electron chi connectivity index (χ2n) is 5.40. The van der Waals surface area contributed by atoms with E-state index < -0.39 is 6.04 Å². The SMILES string of the molecule is COCCOc1ccc(NC(=O)CNC(=O)[C@@H](N)C(C)C)cc1.Cl. The van der Waals surface area contributed by atoms with Gasteiger partial charge in [0.15, 0.2) is 0 Å². The Balaban J connectivity index is 0.00000529. The molecule has 4 N–H and O–H groups in total. The van der Waals surface area contributed by atoms with Crippen LogP contribution >= 0.6 is 12.4 Å². The van der Waals surface area contributed by atoms with Crippen molar-refractivity contribution in [2.45, 2.75) is 19.9 Å². The van der Waals surface area contributed by atoms with E-state index >= 15 is 0 Å². The van der Waals surface area contributed by atoms with Crippen LogP contribution in [0.25, 0.3) is 0 Å². The average Bonchev–Trinajstić information content (AvgIpc) is 2.53. The van der Waals surface area contributed by atoms with Gasteiger partial charge in [0.25, 0.3) is 0 Å². The summed E-state index contributed by atoms with van der Waals surface area (Å²) in [4.78, 5) is 23.5. The normalized spacial score (nSPS) is 11.4. The third-order valence-electron chi connectivity index (χ3n) is 3.14. The summed E-state index contributed by atoms with van der Waals surface area (Å²) in [5.41, 5.74) is 6.32. The highest BCUT2D eigenvalue weighted by Gasteiger charge is 2.17. The molecule has 0 aromatic heterocycles. The third kappa shape index (κ3) is 8.14. The lowest BCUT2D eigenvalue weighted by molar-refractivity contribution is -0.125. The molecule has 1 aromatic rings. The molecule has 0 aliphatic heterocycles. The van der Waals surface area contributed by atoms with Crippen molar-refractivity contribution in [1.29, 1.82) is 0 Å². The molecule has 2 amide bonds. The second-order valence-corrected chi connectivity index (χ2v) is 5.40. The largest absolute Gasteiger partial charge is 0.491 e. The van der Waals surface area contributed by atoms with Gasteiger partial charge in [0, 0.05) is 12.8 Å². The summed E-state index contributed by atoms with van der Waals surface area (Å²) >= 11 is 0. The molecule has 136 valence electrons. The van der Waals surface area contributed by atoms with E-state index in [0.717, 1.165) is 0 Å². The van der Waals surface area contributed by atoms with E-state index in [0.29, 0.717) is 24.7 Å². The molecule has 0 aliphatic rings. The molecule has 0 spiro atoms. The van der Waals surface area contributed by atoms with Gasteiger partial charge in [0.05, 0.1) is 19.2 Å². The fraction of sp³-hybridized carbons (Fsp3) is 0.500. The standard InChI is InChI=1S/C16H25N3O4.ClH/c1-11(2)15(17)16(21)18-10-14(20)19-12-4-6-13(7-5-12)23-9-8-22-3;/h4-7,11,15H,8-10,17H2,1-3H3,(H,18,21)(H,19,20);1H/t15-;/m0./s1. The van der Waals surface area contributed by atoms with Crippen molar-refractivity contribution in [2.24, 2.45) is 11.7 Å². The molecule has 0 saturated carbocycles. The van der Waals surface area contributed by atoms with Crippen LogP contribution in [0.4, 0.5) is 5.69 Å². The maximum Gasteiger partial charge on any atom is 0.243 e. The maximum atomic E-state index is 11.8. The fourth-order valence-electron chi connectivity index (χ4n) is 1.67. The fourth-order valence-corrected chi connectivity index (χ4v) is 1.67. The molecule has 0 heterocycles. The highest BCUT2D eigenvalue weighted by atomic mass is 35.5. The first-order valence-corrected chi connectivity index (χ1v) is 7.49. The number of nitrogens with two attached hydrogens (primary N) is 1. The minimum atomic E-state index is -0.619. The first-order valence-electron chi connectivity index (χ1n) is 7.49. The number of amides is 2. The molecular weight excluding hydrogens is 334 g/mol. The van der Waals surface area contributed by atoms with Crippen LogP contribution in [0.3, 0.4) is 0 Å². The molecule has 1 rings (SSSR count). The Morgan fingerprint density at radius 2 is 1.79 bits per heavy atom. The molecule has 0 bridgehead atoms. The van der Waals surface area contributed by atoms with E-state index in [2.05, 4.69) is 10.6 Å². The summed E-state index contributed by atoms with van der Waals surface area (Å²) in [6.45, 7) is 4.55. The monoisotopic (exact) mass is 359 g/mol. The summed E-state index contributed by atoms with van der Waals surface area (Å²) in [5, 5.41) is 5.20. The van der Waals surface area contributed by atoms with Gasteiger partial charge in [-0.3, -0.25) is 9.59 Å². The minimum absolute atomic E-state index is 0. The molecule has 1 atom stereocenters. The van der Waals surface area contributed by atoms with Crippen LogP contribution in [-0.2, 0) is 14.3 Å². The molecule has 0 aliphatic carbocycles. The van der Waals surface area contributed by atoms with E-state index in [4.69, 9.17) is 15.2 Å². The smallest absolute Gasteiger partial charge is 0.243 e. The zero-order chi connectivity index (χ0) is 17.2. The van der Waals surface area contributed by atoms with Crippen LogP contribution in [0.15, 0.2) is 24.3 Å². The van der Waals surface area contributed by atoms with Gasteiger partial charge in [0.2, 0.25) is 11.8 Å². The molecule has 0 fully saturated rings. The quantitative estimate of drug-likeness (QED) is 0.574. The van der Waals surface area contributed by atoms with Crippen LogP contribution in [0.1, 0.15) is 13.8 Å². The van der Waals surface area contributed by atoms with Crippen molar-refractivity contribution in [3.05, 3.63) is 24.3 Å². The lowest BCUT2D eigenvalue weighted by atomic mass is 10.1. The van der Waals surface area contributed by atoms with Crippen molar-refractivity contribution >= 4 is 29.9 Å². The lowest BCUT2D eigenvalue weighted by Crippen LogP contribution is -2.46. The van der Waals surface area contributed by atoms with Gasteiger partial charge in [-0.1, -0.05) is 13.8 Å². The number of ether oxygens (including phenoxy) is 2. The molecule has 24 heavy (non-hydrogen) atoms. The average molecular weight is 360 g/mol. The van der Waals surface area contributed by atoms with Crippen molar-refractivity contribution in [2.75, 3.05) is 32.2 Å². The number of anilines is 1. The van der Waals surface area contributed by atoms with Gasteiger partial charge < -0.3 is 25.8 Å². The highest BCUT2D eigenvalue weighted by Crippen LogP contribution is 2.15. The Morgan fingerprint density at radius 3 is 2.33 bits per heavy atom. The van der Waals surface area contributed by atoms with Gasteiger partial charge >= 0.3 is 0 Å². The number of carbonyl (C=O) groups excluding carboxylic acids is 2. The first kappa shape index (κ1) is 22.2. The summed E-state index contributed by atoms with van der Waals surface area (Å²) in [5.74, 6) is 0.0550. The van der Waals surface area contributed by atoms with Crippen LogP contribution in [-0.4, -0.2) is 44.7 Å². The van der Waals surface area contributed by atoms with Gasteiger partial charge in [-0.25, -0.2) is 0 Å². The van der Waals surface area contributed by atoms with Crippen molar-refractivity contribution in [1.82, 2.24) is 5.32 Å². The number of methoxy groups -OCH3 is 1. The van der Waals surface area contributed by atoms with Gasteiger partial charge in [-0.15, -0.1) is 12.4 Å². The van der Waals surface area contributed by atoms with E-state index in [9.17, 15) is 9.59 Å². The number of nitrogens with one attached hydrogen (secondary N) is 2. The Bertz CT molecular complexity index is 509. The van der Waals surface area contributed by atoms with Crippen LogP contribution in [0.5, 0.6) is 5.75 Å². The first-order chi connectivity index (χ1) is 10.9. The Morgan fingerprint density at radius 1 is 1.17 bits per heavy atom. The lowest BCUT2D eigenvalue weighted by Gasteiger charge is -2.15. The maximum absolute atomic E-state index is 11.8. The van der Waals surface area contributed by atoms with E-state index in [1.807, 2.05) is 13.8 Å². The van der Waals surface area contributed by atoms with Gasteiger partial charge in [-0.2, -0.15) is 0 Å². The summed E-state index contributed by atoms with van der Waals surface area (Å²) < 4.78 is 10.3. The number of hydrogen-bond acceptors (Lipinski definition) is 5. The number of benzene rings is 1. The van der Waals surface area contributed by atoms with Crippen molar-refractivity contribution in [3.8, 4) is 5.75 Å². The number of rotatable bonds is 9. The van der Waals surface area contributed by atoms with Crippen molar-refractivity contribution < 1.29 is 19.1 Å². The molecular formula is C16H26ClN3O4. The van der Waals surface area contributed by atoms with Crippen LogP contribution < -0.4 is 21.1 Å². The van der Waals surface area contributed by atoms with E-state index in [-0.39, 0.29) is 36.7 Å². The van der Waals surface area contributed by atoms with E-state index in [1.54, 1.807) is 31.4 Å². The molecule has 8 heteroatoms. The minimum Gasteiger partial charge on any atom is -0.491 e. The molecule has 0 unspecified atom stereocenters. The summed E-state index contributed by atoms with van der Waals surface area (Å²) in [6.07, 6.45) is 0.